The van der Waals surface area contributed by atoms with Crippen LogP contribution in [0.2, 0.25) is 0 Å². The molecule has 140 valence electrons. The minimum Gasteiger partial charge on any atom is -0.375 e. The van der Waals surface area contributed by atoms with Crippen LogP contribution in [-0.4, -0.2) is 29.7 Å². The largest absolute Gasteiger partial charge is 0.375 e. The van der Waals surface area contributed by atoms with E-state index in [9.17, 15) is 10.4 Å². The molecule has 4 heteroatoms. The van der Waals surface area contributed by atoms with Crippen LogP contribution in [0.1, 0.15) is 58.8 Å². The number of ether oxygens (including phenoxy) is 2. The SMILES string of the molecule is C[C@H]1CC2=C(CCC3(C2)OCCO3)C2=CC[C@@]3(C)C(CC[C@]3(O)C#N)C21. The Balaban J connectivity index is 1.53. The summed E-state index contributed by atoms with van der Waals surface area (Å²) < 4.78 is 12.0. The van der Waals surface area contributed by atoms with Crippen LogP contribution in [-0.2, 0) is 9.47 Å². The van der Waals surface area contributed by atoms with Crippen LogP contribution in [0.15, 0.2) is 22.8 Å². The smallest absolute Gasteiger partial charge is 0.172 e. The lowest BCUT2D eigenvalue weighted by Gasteiger charge is -2.51. The number of nitriles is 1. The highest BCUT2D eigenvalue weighted by Gasteiger charge is 2.61. The minimum absolute atomic E-state index is 0.310. The Morgan fingerprint density at radius 2 is 2.04 bits per heavy atom. The van der Waals surface area contributed by atoms with Crippen LogP contribution in [0.5, 0.6) is 0 Å². The summed E-state index contributed by atoms with van der Waals surface area (Å²) in [5.41, 5.74) is 3.13. The lowest BCUT2D eigenvalue weighted by molar-refractivity contribution is -0.164. The molecule has 1 heterocycles. The van der Waals surface area contributed by atoms with E-state index < -0.39 is 5.60 Å². The van der Waals surface area contributed by atoms with Gasteiger partial charge in [-0.25, -0.2) is 0 Å². The maximum absolute atomic E-state index is 11.0. The molecule has 1 N–H and O–H groups in total. The van der Waals surface area contributed by atoms with Crippen LogP contribution >= 0.6 is 0 Å². The summed E-state index contributed by atoms with van der Waals surface area (Å²) in [6.07, 6.45) is 8.77. The predicted octanol–water partition coefficient (Wildman–Crippen LogP) is 3.87. The zero-order valence-electron chi connectivity index (χ0n) is 15.9. The second-order valence-corrected chi connectivity index (χ2v) is 9.47. The molecule has 0 aromatic rings. The molecule has 1 saturated heterocycles. The normalized spacial score (nSPS) is 46.4. The van der Waals surface area contributed by atoms with Crippen molar-refractivity contribution < 1.29 is 14.6 Å². The molecular weight excluding hydrogens is 326 g/mol. The molecule has 26 heavy (non-hydrogen) atoms. The lowest BCUT2D eigenvalue weighted by atomic mass is 9.54. The standard InChI is InChI=1S/C22H29NO3/c1-14-11-15-12-22(25-9-10-26-22)8-4-16(15)17-3-6-20(2)18(19(14)17)5-7-21(20,24)13-23/h3,14,18-19,24H,4-12H2,1-2H3/t14-,18?,19?,20-,21-/m0/s1. The first-order valence-electron chi connectivity index (χ1n) is 10.2. The molecule has 4 aliphatic carbocycles. The van der Waals surface area contributed by atoms with Crippen molar-refractivity contribution in [1.82, 2.24) is 0 Å². The summed E-state index contributed by atoms with van der Waals surface area (Å²) in [6, 6.07) is 2.26. The summed E-state index contributed by atoms with van der Waals surface area (Å²) in [4.78, 5) is 0. The van der Waals surface area contributed by atoms with E-state index in [0.29, 0.717) is 24.2 Å². The van der Waals surface area contributed by atoms with Gasteiger partial charge in [-0.3, -0.25) is 0 Å². The fourth-order valence-electron chi connectivity index (χ4n) is 6.87. The molecule has 0 amide bonds. The second-order valence-electron chi connectivity index (χ2n) is 9.47. The Morgan fingerprint density at radius 1 is 1.27 bits per heavy atom. The van der Waals surface area contributed by atoms with Gasteiger partial charge < -0.3 is 14.6 Å². The van der Waals surface area contributed by atoms with Gasteiger partial charge in [-0.1, -0.05) is 25.5 Å². The maximum Gasteiger partial charge on any atom is 0.172 e. The number of hydrogen-bond donors (Lipinski definition) is 1. The van der Waals surface area contributed by atoms with Crippen LogP contribution in [0, 0.1) is 34.5 Å². The lowest BCUT2D eigenvalue weighted by Crippen LogP contribution is -2.49. The number of fused-ring (bicyclic) bond motifs is 4. The topological polar surface area (TPSA) is 62.5 Å². The van der Waals surface area contributed by atoms with E-state index in [-0.39, 0.29) is 11.2 Å². The van der Waals surface area contributed by atoms with E-state index in [1.165, 1.54) is 11.1 Å². The van der Waals surface area contributed by atoms with E-state index in [0.717, 1.165) is 51.7 Å². The van der Waals surface area contributed by atoms with Gasteiger partial charge in [-0.15, -0.1) is 0 Å². The van der Waals surface area contributed by atoms with Crippen molar-refractivity contribution in [1.29, 1.82) is 5.26 Å². The fourth-order valence-corrected chi connectivity index (χ4v) is 6.87. The monoisotopic (exact) mass is 355 g/mol. The molecular formula is C22H29NO3. The van der Waals surface area contributed by atoms with Gasteiger partial charge in [0.2, 0.25) is 0 Å². The fraction of sp³-hybridized carbons (Fsp3) is 0.773. The zero-order chi connectivity index (χ0) is 18.2. The summed E-state index contributed by atoms with van der Waals surface area (Å²) in [6.45, 7) is 5.94. The zero-order valence-corrected chi connectivity index (χ0v) is 15.9. The molecule has 1 spiro atoms. The Bertz CT molecular complexity index is 741. The van der Waals surface area contributed by atoms with Crippen molar-refractivity contribution in [2.45, 2.75) is 70.2 Å². The highest BCUT2D eigenvalue weighted by atomic mass is 16.7. The van der Waals surface area contributed by atoms with Crippen molar-refractivity contribution in [3.8, 4) is 6.07 Å². The molecule has 0 bridgehead atoms. The van der Waals surface area contributed by atoms with Gasteiger partial charge in [0, 0.05) is 18.3 Å². The third kappa shape index (κ3) is 2.06. The van der Waals surface area contributed by atoms with E-state index >= 15 is 0 Å². The molecule has 0 aromatic carbocycles. The first kappa shape index (κ1) is 17.0. The van der Waals surface area contributed by atoms with Gasteiger partial charge in [-0.2, -0.15) is 5.26 Å². The Labute approximate surface area is 155 Å². The van der Waals surface area contributed by atoms with E-state index in [1.54, 1.807) is 5.57 Å². The van der Waals surface area contributed by atoms with Crippen molar-refractivity contribution in [2.24, 2.45) is 23.2 Å². The van der Waals surface area contributed by atoms with E-state index in [1.807, 2.05) is 0 Å². The number of hydrogen-bond acceptors (Lipinski definition) is 4. The van der Waals surface area contributed by atoms with Crippen molar-refractivity contribution >= 4 is 0 Å². The van der Waals surface area contributed by atoms with E-state index in [2.05, 4.69) is 26.0 Å². The van der Waals surface area contributed by atoms with Crippen LogP contribution < -0.4 is 0 Å². The summed E-state index contributed by atoms with van der Waals surface area (Å²) in [5, 5.41) is 20.6. The summed E-state index contributed by atoms with van der Waals surface area (Å²) >= 11 is 0. The molecule has 1 saturated carbocycles. The average molecular weight is 355 g/mol. The van der Waals surface area contributed by atoms with Gasteiger partial charge in [0.1, 0.15) is 0 Å². The Hall–Kier alpha value is -1.15. The van der Waals surface area contributed by atoms with Crippen LogP contribution in [0.3, 0.4) is 0 Å². The number of nitrogens with zero attached hydrogens (tertiary/aromatic N) is 1. The van der Waals surface area contributed by atoms with Crippen molar-refractivity contribution in [2.75, 3.05) is 13.2 Å². The average Bonchev–Trinajstić information content (AvgIpc) is 3.18. The molecule has 5 rings (SSSR count). The third-order valence-electron chi connectivity index (χ3n) is 8.31. The van der Waals surface area contributed by atoms with Gasteiger partial charge in [0.15, 0.2) is 11.4 Å². The quantitative estimate of drug-likeness (QED) is 0.670. The summed E-state index contributed by atoms with van der Waals surface area (Å²) in [5.74, 6) is 1.08. The molecule has 5 aliphatic rings. The molecule has 0 radical (unpaired) electrons. The molecule has 5 atom stereocenters. The highest BCUT2D eigenvalue weighted by molar-refractivity contribution is 5.46. The first-order valence-corrected chi connectivity index (χ1v) is 10.2. The molecule has 2 unspecified atom stereocenters. The third-order valence-corrected chi connectivity index (χ3v) is 8.31. The number of allylic oxidation sites excluding steroid dienone is 3. The van der Waals surface area contributed by atoms with Gasteiger partial charge in [0.05, 0.1) is 19.3 Å². The number of rotatable bonds is 0. The van der Waals surface area contributed by atoms with Crippen molar-refractivity contribution in [3.63, 3.8) is 0 Å². The Kier molecular flexibility index (Phi) is 3.55. The maximum atomic E-state index is 11.0. The second kappa shape index (κ2) is 5.44. The van der Waals surface area contributed by atoms with Gasteiger partial charge in [-0.05, 0) is 61.0 Å². The highest BCUT2D eigenvalue weighted by Crippen LogP contribution is 2.63. The Morgan fingerprint density at radius 3 is 2.77 bits per heavy atom. The predicted molar refractivity (Wildman–Crippen MR) is 96.9 cm³/mol. The molecule has 0 aromatic heterocycles. The first-order chi connectivity index (χ1) is 12.4. The number of aliphatic hydroxyl groups is 1. The van der Waals surface area contributed by atoms with Crippen LogP contribution in [0.25, 0.3) is 0 Å². The minimum atomic E-state index is -1.17. The molecule has 2 fully saturated rings. The van der Waals surface area contributed by atoms with Gasteiger partial charge in [0.25, 0.3) is 0 Å². The molecule has 1 aliphatic heterocycles. The van der Waals surface area contributed by atoms with Crippen molar-refractivity contribution in [3.05, 3.63) is 22.8 Å². The van der Waals surface area contributed by atoms with Gasteiger partial charge >= 0.3 is 0 Å². The van der Waals surface area contributed by atoms with E-state index in [4.69, 9.17) is 9.47 Å². The van der Waals surface area contributed by atoms with Crippen LogP contribution in [0.4, 0.5) is 0 Å². The summed E-state index contributed by atoms with van der Waals surface area (Å²) in [7, 11) is 0. The molecule has 4 nitrogen and oxygen atoms in total.